The largest absolute Gasteiger partial charge is 0.494 e. The molecule has 1 heterocycles. The number of nitrogens with one attached hydrogen (secondary N) is 1. The molecule has 1 aliphatic heterocycles. The van der Waals surface area contributed by atoms with Gasteiger partial charge >= 0.3 is 0 Å². The summed E-state index contributed by atoms with van der Waals surface area (Å²) in [4.78, 5) is 14.3. The summed E-state index contributed by atoms with van der Waals surface area (Å²) in [7, 11) is 2.07. The second-order valence-electron chi connectivity index (χ2n) is 6.63. The lowest BCUT2D eigenvalue weighted by Crippen LogP contribution is -2.29. The first kappa shape index (κ1) is 18.3. The Morgan fingerprint density at radius 1 is 1.27 bits per heavy atom. The Balaban J connectivity index is 1.51. The normalized spacial score (nSPS) is 14.0. The minimum Gasteiger partial charge on any atom is -0.494 e. The van der Waals surface area contributed by atoms with Crippen LogP contribution in [0.25, 0.3) is 0 Å². The number of amides is 1. The number of benzene rings is 2. The van der Waals surface area contributed by atoms with Crippen LogP contribution in [0.4, 0.5) is 5.69 Å². The highest BCUT2D eigenvalue weighted by Gasteiger charge is 2.18. The molecule has 1 atom stereocenters. The average molecular weight is 354 g/mol. The maximum Gasteiger partial charge on any atom is 0.224 e. The second-order valence-corrected chi connectivity index (χ2v) is 6.63. The Hall–Kier alpha value is -2.53. The molecule has 1 aliphatic rings. The molecule has 0 aromatic heterocycles. The topological polar surface area (TPSA) is 61.8 Å². The standard InChI is InChI=1S/C21H26N2O3/c1-3-26-18-7-4-15(5-8-18)12-21(25)22-14-20(24)17-6-9-19-16(13-17)10-11-23(19)2/h4-9,13,20,24H,3,10-12,14H2,1-2H3,(H,22,25). The lowest BCUT2D eigenvalue weighted by molar-refractivity contribution is -0.120. The Morgan fingerprint density at radius 2 is 2.04 bits per heavy atom. The van der Waals surface area contributed by atoms with Gasteiger partial charge in [-0.15, -0.1) is 0 Å². The number of likely N-dealkylation sites (N-methyl/N-ethyl adjacent to an activating group) is 1. The van der Waals surface area contributed by atoms with Crippen molar-refractivity contribution in [1.82, 2.24) is 5.32 Å². The fourth-order valence-corrected chi connectivity index (χ4v) is 3.24. The van der Waals surface area contributed by atoms with Gasteiger partial charge in [0.2, 0.25) is 5.91 Å². The Labute approximate surface area is 154 Å². The van der Waals surface area contributed by atoms with Gasteiger partial charge in [0, 0.05) is 25.8 Å². The van der Waals surface area contributed by atoms with E-state index >= 15 is 0 Å². The zero-order valence-electron chi connectivity index (χ0n) is 15.4. The molecule has 0 aliphatic carbocycles. The minimum absolute atomic E-state index is 0.103. The number of hydrogen-bond acceptors (Lipinski definition) is 4. The number of carbonyl (C=O) groups is 1. The van der Waals surface area contributed by atoms with Crippen molar-refractivity contribution in [3.8, 4) is 5.75 Å². The molecule has 1 unspecified atom stereocenters. The maximum atomic E-state index is 12.1. The van der Waals surface area contributed by atoms with Gasteiger partial charge in [-0.3, -0.25) is 4.79 Å². The van der Waals surface area contributed by atoms with E-state index in [9.17, 15) is 9.90 Å². The smallest absolute Gasteiger partial charge is 0.224 e. The van der Waals surface area contributed by atoms with Crippen LogP contribution in [0.5, 0.6) is 5.75 Å². The zero-order valence-corrected chi connectivity index (χ0v) is 15.4. The predicted molar refractivity (Wildman–Crippen MR) is 103 cm³/mol. The number of ether oxygens (including phenoxy) is 1. The van der Waals surface area contributed by atoms with E-state index in [0.29, 0.717) is 6.61 Å². The molecule has 1 amide bonds. The van der Waals surface area contributed by atoms with Crippen molar-refractivity contribution in [2.45, 2.75) is 25.9 Å². The van der Waals surface area contributed by atoms with Crippen LogP contribution in [0, 0.1) is 0 Å². The van der Waals surface area contributed by atoms with Gasteiger partial charge in [0.15, 0.2) is 0 Å². The lowest BCUT2D eigenvalue weighted by atomic mass is 10.0. The number of nitrogens with zero attached hydrogens (tertiary/aromatic N) is 1. The van der Waals surface area contributed by atoms with Crippen LogP contribution < -0.4 is 15.0 Å². The third-order valence-electron chi connectivity index (χ3n) is 4.71. The summed E-state index contributed by atoms with van der Waals surface area (Å²) in [6.07, 6.45) is 0.584. The molecule has 0 saturated heterocycles. The third-order valence-corrected chi connectivity index (χ3v) is 4.71. The number of rotatable bonds is 7. The lowest BCUT2D eigenvalue weighted by Gasteiger charge is -2.15. The van der Waals surface area contributed by atoms with E-state index in [4.69, 9.17) is 4.74 Å². The van der Waals surface area contributed by atoms with E-state index in [1.807, 2.05) is 49.4 Å². The number of hydrogen-bond donors (Lipinski definition) is 2. The number of fused-ring (bicyclic) bond motifs is 1. The molecule has 0 spiro atoms. The molecule has 0 radical (unpaired) electrons. The van der Waals surface area contributed by atoms with Gasteiger partial charge in [0.05, 0.1) is 19.1 Å². The predicted octanol–water partition coefficient (Wildman–Crippen LogP) is 2.47. The molecule has 0 saturated carbocycles. The fraction of sp³-hybridized carbons (Fsp3) is 0.381. The van der Waals surface area contributed by atoms with E-state index in [-0.39, 0.29) is 18.9 Å². The van der Waals surface area contributed by atoms with Gasteiger partial charge in [-0.1, -0.05) is 24.3 Å². The van der Waals surface area contributed by atoms with Crippen LogP contribution >= 0.6 is 0 Å². The van der Waals surface area contributed by atoms with E-state index in [1.54, 1.807) is 0 Å². The summed E-state index contributed by atoms with van der Waals surface area (Å²) < 4.78 is 5.40. The molecule has 0 fully saturated rings. The number of aliphatic hydroxyl groups excluding tert-OH is 1. The highest BCUT2D eigenvalue weighted by atomic mass is 16.5. The first-order valence-electron chi connectivity index (χ1n) is 9.07. The first-order chi connectivity index (χ1) is 12.6. The minimum atomic E-state index is -0.699. The Morgan fingerprint density at radius 3 is 2.77 bits per heavy atom. The maximum absolute atomic E-state index is 12.1. The van der Waals surface area contributed by atoms with Crippen LogP contribution in [-0.4, -0.2) is 37.8 Å². The van der Waals surface area contributed by atoms with Gasteiger partial charge in [0.1, 0.15) is 5.75 Å². The van der Waals surface area contributed by atoms with Gasteiger partial charge in [0.25, 0.3) is 0 Å². The quantitative estimate of drug-likeness (QED) is 0.802. The number of anilines is 1. The molecular formula is C21H26N2O3. The SMILES string of the molecule is CCOc1ccc(CC(=O)NCC(O)c2ccc3c(c2)CCN3C)cc1. The summed E-state index contributed by atoms with van der Waals surface area (Å²) in [6.45, 7) is 3.78. The number of carbonyl (C=O) groups excluding carboxylic acids is 1. The van der Waals surface area contributed by atoms with Crippen LogP contribution in [-0.2, 0) is 17.6 Å². The van der Waals surface area contributed by atoms with Crippen molar-refractivity contribution >= 4 is 11.6 Å². The second kappa shape index (κ2) is 8.23. The van der Waals surface area contributed by atoms with Gasteiger partial charge < -0.3 is 20.1 Å². The molecule has 2 aromatic carbocycles. The molecular weight excluding hydrogens is 328 g/mol. The first-order valence-corrected chi connectivity index (χ1v) is 9.07. The number of aliphatic hydroxyl groups is 1. The summed E-state index contributed by atoms with van der Waals surface area (Å²) >= 11 is 0. The highest BCUT2D eigenvalue weighted by molar-refractivity contribution is 5.78. The summed E-state index contributed by atoms with van der Waals surface area (Å²) in [5.41, 5.74) is 4.24. The van der Waals surface area contributed by atoms with E-state index < -0.39 is 6.10 Å². The molecule has 2 N–H and O–H groups in total. The van der Waals surface area contributed by atoms with Crippen molar-refractivity contribution in [3.63, 3.8) is 0 Å². The summed E-state index contributed by atoms with van der Waals surface area (Å²) in [5.74, 6) is 0.698. The fourth-order valence-electron chi connectivity index (χ4n) is 3.24. The van der Waals surface area contributed by atoms with E-state index in [2.05, 4.69) is 17.3 Å². The van der Waals surface area contributed by atoms with Crippen molar-refractivity contribution in [3.05, 3.63) is 59.2 Å². The van der Waals surface area contributed by atoms with Gasteiger partial charge in [-0.25, -0.2) is 0 Å². The van der Waals surface area contributed by atoms with E-state index in [0.717, 1.165) is 29.8 Å². The van der Waals surface area contributed by atoms with Crippen molar-refractivity contribution in [2.75, 3.05) is 31.6 Å². The molecule has 2 aromatic rings. The molecule has 5 nitrogen and oxygen atoms in total. The monoisotopic (exact) mass is 354 g/mol. The average Bonchev–Trinajstić information content (AvgIpc) is 3.02. The van der Waals surface area contributed by atoms with Gasteiger partial charge in [-0.05, 0) is 48.2 Å². The molecule has 5 heteroatoms. The summed E-state index contributed by atoms with van der Waals surface area (Å²) in [6, 6.07) is 13.5. The van der Waals surface area contributed by atoms with Crippen molar-refractivity contribution in [1.29, 1.82) is 0 Å². The van der Waals surface area contributed by atoms with Crippen LogP contribution in [0.3, 0.4) is 0 Å². The van der Waals surface area contributed by atoms with Crippen molar-refractivity contribution in [2.24, 2.45) is 0 Å². The van der Waals surface area contributed by atoms with E-state index in [1.165, 1.54) is 11.3 Å². The highest BCUT2D eigenvalue weighted by Crippen LogP contribution is 2.29. The third kappa shape index (κ3) is 4.35. The van der Waals surface area contributed by atoms with Crippen LogP contribution in [0.1, 0.15) is 29.7 Å². The molecule has 0 bridgehead atoms. The van der Waals surface area contributed by atoms with Gasteiger partial charge in [-0.2, -0.15) is 0 Å². The molecule has 3 rings (SSSR count). The zero-order chi connectivity index (χ0) is 18.5. The van der Waals surface area contributed by atoms with Crippen LogP contribution in [0.2, 0.25) is 0 Å². The van der Waals surface area contributed by atoms with Crippen LogP contribution in [0.15, 0.2) is 42.5 Å². The molecule has 26 heavy (non-hydrogen) atoms. The molecule has 138 valence electrons. The Bertz CT molecular complexity index is 758. The summed E-state index contributed by atoms with van der Waals surface area (Å²) in [5, 5.41) is 13.2. The van der Waals surface area contributed by atoms with Crippen molar-refractivity contribution < 1.29 is 14.6 Å². The Kier molecular flexibility index (Phi) is 5.78.